The number of amides is 2. The summed E-state index contributed by atoms with van der Waals surface area (Å²) in [4.78, 5) is 41.2. The molecule has 1 aromatic heterocycles. The number of carboxylic acids is 1. The summed E-state index contributed by atoms with van der Waals surface area (Å²) >= 11 is 6.63. The average molecular weight is 611 g/mol. The van der Waals surface area contributed by atoms with Gasteiger partial charge in [0.1, 0.15) is 27.8 Å². The second-order valence-electron chi connectivity index (χ2n) is 9.52. The molecule has 6 N–H and O–H groups in total. The molecule has 1 fully saturated rings. The Balaban J connectivity index is 0.00000423. The van der Waals surface area contributed by atoms with E-state index in [1.165, 1.54) is 37.6 Å². The smallest absolute Gasteiger partial charge is 0.240 e. The van der Waals surface area contributed by atoms with Gasteiger partial charge >= 0.3 is 0 Å². The molecule has 0 bridgehead atoms. The molecule has 1 saturated carbocycles. The van der Waals surface area contributed by atoms with Gasteiger partial charge in [-0.05, 0) is 61.4 Å². The standard InChI is InChI=1S/C30H25ClFN3O7.H3N/c1-40-24-15-19-21(16-25(24)41-14-10-26(36)37)33-13-9-22(19)42-23-4-2-3-20(27(23)31)35-29(39)30(11-12-30)28(38)34-18-7-5-17(32)6-8-18;/h2-9,13,15-16H,10-12,14H2,1H3,(H,34,38)(H,35,39)(H,36,37);1H3. The fourth-order valence-corrected chi connectivity index (χ4v) is 4.46. The van der Waals surface area contributed by atoms with Gasteiger partial charge in [-0.15, -0.1) is 0 Å². The van der Waals surface area contributed by atoms with Gasteiger partial charge in [-0.25, -0.2) is 4.39 Å². The van der Waals surface area contributed by atoms with Crippen LogP contribution in [0.15, 0.2) is 66.9 Å². The third-order valence-electron chi connectivity index (χ3n) is 6.70. The van der Waals surface area contributed by atoms with E-state index in [0.29, 0.717) is 46.7 Å². The predicted molar refractivity (Wildman–Crippen MR) is 156 cm³/mol. The Bertz CT molecular complexity index is 1680. The number of nitrogens with zero attached hydrogens (tertiary/aromatic N) is 1. The number of carboxylic acid groups (broad SMARTS) is 1. The lowest BCUT2D eigenvalue weighted by Gasteiger charge is -2.18. The number of fused-ring (bicyclic) bond motifs is 1. The fraction of sp³-hybridized carbons (Fsp3) is 0.200. The summed E-state index contributed by atoms with van der Waals surface area (Å²) < 4.78 is 30.3. The number of benzene rings is 3. The van der Waals surface area contributed by atoms with Gasteiger partial charge in [0, 0.05) is 35.7 Å². The van der Waals surface area contributed by atoms with E-state index in [1.807, 2.05) is 0 Å². The molecule has 0 unspecified atom stereocenters. The molecule has 3 aromatic carbocycles. The van der Waals surface area contributed by atoms with Crippen molar-refractivity contribution in [1.82, 2.24) is 11.1 Å². The van der Waals surface area contributed by atoms with Crippen molar-refractivity contribution in [2.45, 2.75) is 19.3 Å². The fourth-order valence-electron chi connectivity index (χ4n) is 4.25. The van der Waals surface area contributed by atoms with E-state index in [9.17, 15) is 23.9 Å². The van der Waals surface area contributed by atoms with E-state index in [0.717, 1.165) is 0 Å². The van der Waals surface area contributed by atoms with Crippen LogP contribution in [-0.2, 0) is 14.4 Å². The van der Waals surface area contributed by atoms with Crippen LogP contribution in [0.4, 0.5) is 15.8 Å². The van der Waals surface area contributed by atoms with Crippen LogP contribution in [0.3, 0.4) is 0 Å². The number of aromatic nitrogens is 1. The van der Waals surface area contributed by atoms with Crippen LogP contribution < -0.4 is 36.1 Å². The topological polar surface area (TPSA) is 175 Å². The molecule has 4 aromatic rings. The number of aliphatic carboxylic acids is 1. The second-order valence-corrected chi connectivity index (χ2v) is 9.89. The molecule has 11 nitrogen and oxygen atoms in total. The number of hydrogen-bond acceptors (Lipinski definition) is 8. The molecule has 2 amide bonds. The van der Waals surface area contributed by atoms with E-state index >= 15 is 0 Å². The van der Waals surface area contributed by atoms with Crippen LogP contribution in [0.1, 0.15) is 19.3 Å². The summed E-state index contributed by atoms with van der Waals surface area (Å²) in [7, 11) is 1.44. The summed E-state index contributed by atoms with van der Waals surface area (Å²) in [6.45, 7) is -0.107. The summed E-state index contributed by atoms with van der Waals surface area (Å²) in [5, 5.41) is 16.8. The molecule has 1 aliphatic carbocycles. The highest BCUT2D eigenvalue weighted by Gasteiger charge is 2.56. The number of rotatable bonds is 11. The van der Waals surface area contributed by atoms with Gasteiger partial charge in [0.15, 0.2) is 11.5 Å². The molecular weight excluding hydrogens is 583 g/mol. The molecule has 0 atom stereocenters. The molecule has 0 spiro atoms. The number of hydrogen-bond donors (Lipinski definition) is 3. The number of pyridine rings is 1. The Morgan fingerprint density at radius 2 is 1.70 bits per heavy atom. The number of carbonyl (C=O) groups excluding carboxylic acids is 3. The quantitative estimate of drug-likeness (QED) is 0.197. The number of anilines is 2. The van der Waals surface area contributed by atoms with E-state index < -0.39 is 29.0 Å². The highest BCUT2D eigenvalue weighted by Crippen LogP contribution is 2.48. The number of nitrogens with one attached hydrogen (secondary N) is 2. The molecule has 5 rings (SSSR count). The molecule has 43 heavy (non-hydrogen) atoms. The number of halogens is 2. The lowest BCUT2D eigenvalue weighted by Crippen LogP contribution is -2.35. The summed E-state index contributed by atoms with van der Waals surface area (Å²) in [6.07, 6.45) is 1.93. The highest BCUT2D eigenvalue weighted by atomic mass is 35.5. The molecule has 1 heterocycles. The first kappa shape index (κ1) is 31.0. The molecule has 1 aliphatic rings. The van der Waals surface area contributed by atoms with Crippen molar-refractivity contribution in [3.8, 4) is 23.0 Å². The number of methoxy groups -OCH3 is 1. The molecule has 0 aliphatic heterocycles. The first-order chi connectivity index (χ1) is 20.2. The lowest BCUT2D eigenvalue weighted by molar-refractivity contribution is -0.306. The van der Waals surface area contributed by atoms with E-state index in [4.69, 9.17) is 25.8 Å². The van der Waals surface area contributed by atoms with Crippen molar-refractivity contribution in [2.75, 3.05) is 24.4 Å². The second kappa shape index (κ2) is 12.9. The Morgan fingerprint density at radius 1 is 0.977 bits per heavy atom. The number of ether oxygens (including phenoxy) is 3. The van der Waals surface area contributed by atoms with Gasteiger partial charge in [-0.3, -0.25) is 14.6 Å². The van der Waals surface area contributed by atoms with Crippen LogP contribution in [0.5, 0.6) is 23.0 Å². The largest absolute Gasteiger partial charge is 0.550 e. The van der Waals surface area contributed by atoms with Crippen LogP contribution in [0, 0.1) is 11.2 Å². The van der Waals surface area contributed by atoms with Crippen molar-refractivity contribution < 1.29 is 38.1 Å². The zero-order valence-corrected chi connectivity index (χ0v) is 24.0. The van der Waals surface area contributed by atoms with Crippen LogP contribution in [0.2, 0.25) is 5.02 Å². The third-order valence-corrected chi connectivity index (χ3v) is 7.09. The molecule has 13 heteroatoms. The van der Waals surface area contributed by atoms with Gasteiger partial charge in [-0.2, -0.15) is 0 Å². The minimum Gasteiger partial charge on any atom is -0.550 e. The lowest BCUT2D eigenvalue weighted by atomic mass is 10.0. The average Bonchev–Trinajstić information content (AvgIpc) is 3.78. The first-order valence-corrected chi connectivity index (χ1v) is 13.2. The maximum atomic E-state index is 13.2. The van der Waals surface area contributed by atoms with Crippen molar-refractivity contribution >= 4 is 51.7 Å². The Hall–Kier alpha value is -4.94. The van der Waals surface area contributed by atoms with Gasteiger partial charge in [0.25, 0.3) is 0 Å². The highest BCUT2D eigenvalue weighted by molar-refractivity contribution is 6.35. The minimum atomic E-state index is -1.27. The molecule has 0 saturated heterocycles. The van der Waals surface area contributed by atoms with Gasteiger partial charge in [-0.1, -0.05) is 17.7 Å². The number of quaternary nitrogens is 1. The third kappa shape index (κ3) is 6.76. The van der Waals surface area contributed by atoms with Gasteiger partial charge in [0.2, 0.25) is 11.8 Å². The monoisotopic (exact) mass is 610 g/mol. The normalized spacial score (nSPS) is 12.9. The number of carbonyl (C=O) groups is 3. The van der Waals surface area contributed by atoms with Crippen molar-refractivity contribution in [2.24, 2.45) is 5.41 Å². The Kier molecular flexibility index (Phi) is 9.32. The van der Waals surface area contributed by atoms with Crippen molar-refractivity contribution in [3.63, 3.8) is 0 Å². The summed E-state index contributed by atoms with van der Waals surface area (Å²) in [5.41, 5.74) is -0.154. The zero-order chi connectivity index (χ0) is 29.9. The van der Waals surface area contributed by atoms with Gasteiger partial charge < -0.3 is 40.9 Å². The SMILES string of the molecule is COc1cc2c(Oc3cccc(NC(=O)C4(C(=O)Nc5ccc(F)cc5)CC4)c3Cl)ccnc2cc1OCCC(=O)[O-].[NH4+]. The molecule has 0 radical (unpaired) electrons. The van der Waals surface area contributed by atoms with E-state index in [2.05, 4.69) is 15.6 Å². The maximum absolute atomic E-state index is 13.2. The zero-order valence-electron chi connectivity index (χ0n) is 23.2. The van der Waals surface area contributed by atoms with E-state index in [-0.39, 0.29) is 35.6 Å². The van der Waals surface area contributed by atoms with Crippen LogP contribution >= 0.6 is 11.6 Å². The van der Waals surface area contributed by atoms with Gasteiger partial charge in [0.05, 0.1) is 24.9 Å². The Labute approximate surface area is 250 Å². The van der Waals surface area contributed by atoms with Crippen LogP contribution in [0.25, 0.3) is 10.9 Å². The summed E-state index contributed by atoms with van der Waals surface area (Å²) in [6, 6.07) is 15.0. The Morgan fingerprint density at radius 3 is 2.37 bits per heavy atom. The van der Waals surface area contributed by atoms with E-state index in [1.54, 1.807) is 36.4 Å². The maximum Gasteiger partial charge on any atom is 0.240 e. The van der Waals surface area contributed by atoms with Crippen molar-refractivity contribution in [3.05, 3.63) is 77.7 Å². The predicted octanol–water partition coefficient (Wildman–Crippen LogP) is 5.08. The van der Waals surface area contributed by atoms with Crippen LogP contribution in [-0.4, -0.2) is 36.5 Å². The molecular formula is C30H28ClFN4O7. The van der Waals surface area contributed by atoms with Crippen molar-refractivity contribution in [1.29, 1.82) is 0 Å². The minimum absolute atomic E-state index is 0. The summed E-state index contributed by atoms with van der Waals surface area (Å²) in [5.74, 6) is -1.44. The molecule has 224 valence electrons. The first-order valence-electron chi connectivity index (χ1n) is 12.8.